The van der Waals surface area contributed by atoms with Gasteiger partial charge in [0.25, 0.3) is 5.91 Å². The molecule has 6 heteroatoms. The Kier molecular flexibility index (Phi) is 4.01. The third kappa shape index (κ3) is 3.03. The maximum Gasteiger partial charge on any atom is 0.264 e. The average molecular weight is 263 g/mol. The van der Waals surface area contributed by atoms with E-state index in [9.17, 15) is 9.59 Å². The van der Waals surface area contributed by atoms with Crippen LogP contribution in [0.4, 0.5) is 5.69 Å². The van der Waals surface area contributed by atoms with E-state index in [1.807, 2.05) is 18.2 Å². The number of likely N-dealkylation sites (N-methyl/N-ethyl adjacent to an activating group) is 1. The van der Waals surface area contributed by atoms with Crippen LogP contribution in [0.1, 0.15) is 5.56 Å². The van der Waals surface area contributed by atoms with Crippen molar-refractivity contribution in [2.75, 3.05) is 31.6 Å². The van der Waals surface area contributed by atoms with Crippen LogP contribution in [0, 0.1) is 0 Å². The van der Waals surface area contributed by atoms with Gasteiger partial charge >= 0.3 is 0 Å². The number of carbonyl (C=O) groups excluding carboxylic acids is 2. The molecule has 3 N–H and O–H groups in total. The summed E-state index contributed by atoms with van der Waals surface area (Å²) in [5.41, 5.74) is 7.00. The fraction of sp³-hybridized carbons (Fsp3) is 0.385. The Morgan fingerprint density at radius 1 is 1.53 bits per heavy atom. The normalized spacial score (nSPS) is 13.8. The summed E-state index contributed by atoms with van der Waals surface area (Å²) in [5, 5.41) is 2.71. The predicted molar refractivity (Wildman–Crippen MR) is 71.1 cm³/mol. The molecule has 0 atom stereocenters. The van der Waals surface area contributed by atoms with Gasteiger partial charge in [-0.3, -0.25) is 9.59 Å². The summed E-state index contributed by atoms with van der Waals surface area (Å²) in [4.78, 5) is 24.1. The van der Waals surface area contributed by atoms with Crippen LogP contribution in [0.5, 0.6) is 5.75 Å². The molecule has 0 bridgehead atoms. The largest absolute Gasteiger partial charge is 0.482 e. The van der Waals surface area contributed by atoms with Crippen LogP contribution in [-0.2, 0) is 16.0 Å². The summed E-state index contributed by atoms with van der Waals surface area (Å²) in [6.07, 6.45) is 0.682. The van der Waals surface area contributed by atoms with Gasteiger partial charge in [-0.05, 0) is 24.1 Å². The highest BCUT2D eigenvalue weighted by molar-refractivity contribution is 5.97. The molecule has 0 aromatic heterocycles. The molecule has 0 spiro atoms. The molecule has 1 aromatic rings. The number of ether oxygens (including phenoxy) is 1. The lowest BCUT2D eigenvalue weighted by Gasteiger charge is -2.26. The summed E-state index contributed by atoms with van der Waals surface area (Å²) >= 11 is 0. The second-order valence-electron chi connectivity index (χ2n) is 4.35. The van der Waals surface area contributed by atoms with Crippen LogP contribution in [0.25, 0.3) is 0 Å². The second-order valence-corrected chi connectivity index (χ2v) is 4.35. The van der Waals surface area contributed by atoms with Crippen molar-refractivity contribution in [3.63, 3.8) is 0 Å². The summed E-state index contributed by atoms with van der Waals surface area (Å²) in [7, 11) is 1.73. The molecule has 0 aliphatic carbocycles. The molecular formula is C13H17N3O3. The number of carbonyl (C=O) groups is 2. The van der Waals surface area contributed by atoms with Crippen LogP contribution in [0.3, 0.4) is 0 Å². The van der Waals surface area contributed by atoms with Crippen LogP contribution < -0.4 is 20.7 Å². The number of rotatable bonds is 4. The molecule has 1 aliphatic heterocycles. The molecule has 1 aromatic carbocycles. The summed E-state index contributed by atoms with van der Waals surface area (Å²) < 4.78 is 5.34. The molecule has 102 valence electrons. The molecule has 0 unspecified atom stereocenters. The van der Waals surface area contributed by atoms with E-state index in [1.54, 1.807) is 11.9 Å². The monoisotopic (exact) mass is 263 g/mol. The van der Waals surface area contributed by atoms with E-state index in [1.165, 1.54) is 0 Å². The lowest BCUT2D eigenvalue weighted by atomic mass is 10.1. The first kappa shape index (κ1) is 13.4. The molecule has 2 amide bonds. The second kappa shape index (κ2) is 5.71. The Bertz CT molecular complexity index is 502. The lowest BCUT2D eigenvalue weighted by Crippen LogP contribution is -2.35. The van der Waals surface area contributed by atoms with Crippen LogP contribution in [-0.4, -0.2) is 38.6 Å². The average Bonchev–Trinajstić information content (AvgIpc) is 2.43. The standard InChI is InChI=1S/C13H17N3O3/c1-16-10-6-9(4-5-15-12(17)7-14)2-3-11(10)19-8-13(16)18/h2-3,6H,4-5,7-8,14H2,1H3,(H,15,17). The predicted octanol–water partition coefficient (Wildman–Crippen LogP) is -0.341. The van der Waals surface area contributed by atoms with E-state index >= 15 is 0 Å². The van der Waals surface area contributed by atoms with E-state index in [0.717, 1.165) is 11.3 Å². The maximum atomic E-state index is 11.5. The minimum Gasteiger partial charge on any atom is -0.482 e. The number of fused-ring (bicyclic) bond motifs is 1. The zero-order valence-corrected chi connectivity index (χ0v) is 10.8. The van der Waals surface area contributed by atoms with Crippen molar-refractivity contribution in [3.8, 4) is 5.75 Å². The van der Waals surface area contributed by atoms with Crippen LogP contribution >= 0.6 is 0 Å². The van der Waals surface area contributed by atoms with E-state index in [0.29, 0.717) is 18.7 Å². The van der Waals surface area contributed by atoms with Crippen molar-refractivity contribution in [2.45, 2.75) is 6.42 Å². The van der Waals surface area contributed by atoms with Crippen molar-refractivity contribution in [3.05, 3.63) is 23.8 Å². The number of hydrogen-bond donors (Lipinski definition) is 2. The van der Waals surface area contributed by atoms with Crippen LogP contribution in [0.2, 0.25) is 0 Å². The summed E-state index contributed by atoms with van der Waals surface area (Å²) in [6, 6.07) is 5.68. The fourth-order valence-electron chi connectivity index (χ4n) is 1.89. The molecule has 19 heavy (non-hydrogen) atoms. The molecule has 6 nitrogen and oxygen atoms in total. The van der Waals surface area contributed by atoms with Gasteiger partial charge in [0.1, 0.15) is 5.75 Å². The third-order valence-corrected chi connectivity index (χ3v) is 3.03. The smallest absolute Gasteiger partial charge is 0.264 e. The topological polar surface area (TPSA) is 84.7 Å². The zero-order valence-electron chi connectivity index (χ0n) is 10.8. The molecule has 0 saturated carbocycles. The highest BCUT2D eigenvalue weighted by Gasteiger charge is 2.22. The molecule has 0 radical (unpaired) electrons. The van der Waals surface area contributed by atoms with Gasteiger partial charge in [-0.1, -0.05) is 6.07 Å². The number of anilines is 1. The minimum atomic E-state index is -0.173. The molecule has 2 rings (SSSR count). The highest BCUT2D eigenvalue weighted by atomic mass is 16.5. The lowest BCUT2D eigenvalue weighted by molar-refractivity contribution is -0.121. The Morgan fingerprint density at radius 3 is 3.05 bits per heavy atom. The maximum absolute atomic E-state index is 11.5. The van der Waals surface area contributed by atoms with Gasteiger partial charge in [0, 0.05) is 13.6 Å². The number of nitrogens with two attached hydrogens (primary N) is 1. The van der Waals surface area contributed by atoms with E-state index in [-0.39, 0.29) is 25.0 Å². The SMILES string of the molecule is CN1C(=O)COc2ccc(CCNC(=O)CN)cc21. The molecular weight excluding hydrogens is 246 g/mol. The molecule has 0 saturated heterocycles. The van der Waals surface area contributed by atoms with Crippen molar-refractivity contribution < 1.29 is 14.3 Å². The Morgan fingerprint density at radius 2 is 2.32 bits per heavy atom. The van der Waals surface area contributed by atoms with E-state index in [4.69, 9.17) is 10.5 Å². The first-order chi connectivity index (χ1) is 9.11. The highest BCUT2D eigenvalue weighted by Crippen LogP contribution is 2.31. The van der Waals surface area contributed by atoms with Crippen molar-refractivity contribution in [2.24, 2.45) is 5.73 Å². The zero-order chi connectivity index (χ0) is 13.8. The third-order valence-electron chi connectivity index (χ3n) is 3.03. The Labute approximate surface area is 111 Å². The molecule has 1 aliphatic rings. The molecule has 1 heterocycles. The number of amides is 2. The molecule has 0 fully saturated rings. The Hall–Kier alpha value is -2.08. The number of nitrogens with zero attached hydrogens (tertiary/aromatic N) is 1. The summed E-state index contributed by atoms with van der Waals surface area (Å²) in [5.74, 6) is 0.464. The quantitative estimate of drug-likeness (QED) is 0.778. The van der Waals surface area contributed by atoms with Gasteiger partial charge in [-0.2, -0.15) is 0 Å². The fourth-order valence-corrected chi connectivity index (χ4v) is 1.89. The Balaban J connectivity index is 2.04. The van der Waals surface area contributed by atoms with Crippen molar-refractivity contribution in [1.82, 2.24) is 5.32 Å². The van der Waals surface area contributed by atoms with Gasteiger partial charge in [0.2, 0.25) is 5.91 Å². The van der Waals surface area contributed by atoms with E-state index < -0.39 is 0 Å². The van der Waals surface area contributed by atoms with Gasteiger partial charge in [-0.15, -0.1) is 0 Å². The van der Waals surface area contributed by atoms with Crippen molar-refractivity contribution >= 4 is 17.5 Å². The van der Waals surface area contributed by atoms with Crippen LogP contribution in [0.15, 0.2) is 18.2 Å². The van der Waals surface area contributed by atoms with Gasteiger partial charge < -0.3 is 20.7 Å². The number of benzene rings is 1. The minimum absolute atomic E-state index is 0.00470. The first-order valence-corrected chi connectivity index (χ1v) is 6.11. The first-order valence-electron chi connectivity index (χ1n) is 6.11. The van der Waals surface area contributed by atoms with E-state index in [2.05, 4.69) is 5.32 Å². The van der Waals surface area contributed by atoms with Crippen molar-refractivity contribution in [1.29, 1.82) is 0 Å². The number of hydrogen-bond acceptors (Lipinski definition) is 4. The number of nitrogens with one attached hydrogen (secondary N) is 1. The van der Waals surface area contributed by atoms with Gasteiger partial charge in [0.05, 0.1) is 12.2 Å². The summed E-state index contributed by atoms with van der Waals surface area (Å²) in [6.45, 7) is 0.595. The van der Waals surface area contributed by atoms with Gasteiger partial charge in [-0.25, -0.2) is 0 Å². The van der Waals surface area contributed by atoms with Gasteiger partial charge in [0.15, 0.2) is 6.61 Å².